The van der Waals surface area contributed by atoms with Crippen LogP contribution < -0.4 is 5.32 Å². The summed E-state index contributed by atoms with van der Waals surface area (Å²) >= 11 is 9.74. The van der Waals surface area contributed by atoms with E-state index in [1.807, 2.05) is 13.1 Å². The van der Waals surface area contributed by atoms with Crippen LogP contribution in [0.5, 0.6) is 0 Å². The molecule has 0 saturated heterocycles. The highest BCUT2D eigenvalue weighted by atomic mass is 79.9. The van der Waals surface area contributed by atoms with Gasteiger partial charge in [0.05, 0.1) is 0 Å². The Kier molecular flexibility index (Phi) is 5.98. The second kappa shape index (κ2) is 6.77. The SMILES string of the molecule is CCC(CC)(CNC)Cc1ccc(Br)cc1Cl. The van der Waals surface area contributed by atoms with Gasteiger partial charge in [-0.15, -0.1) is 0 Å². The molecule has 1 nitrogen and oxygen atoms in total. The van der Waals surface area contributed by atoms with Gasteiger partial charge in [0, 0.05) is 16.0 Å². The van der Waals surface area contributed by atoms with Crippen molar-refractivity contribution in [3.8, 4) is 0 Å². The van der Waals surface area contributed by atoms with Gasteiger partial charge in [-0.3, -0.25) is 0 Å². The van der Waals surface area contributed by atoms with Crippen molar-refractivity contribution in [1.29, 1.82) is 0 Å². The average molecular weight is 319 g/mol. The standard InChI is InChI=1S/C14H21BrClN/c1-4-14(5-2,10-17-3)9-11-6-7-12(15)8-13(11)16/h6-8,17H,4-5,9-10H2,1-3H3. The zero-order valence-corrected chi connectivity index (χ0v) is 13.2. The summed E-state index contributed by atoms with van der Waals surface area (Å²) in [5, 5.41) is 4.17. The average Bonchev–Trinajstić information content (AvgIpc) is 2.32. The fourth-order valence-electron chi connectivity index (χ4n) is 2.26. The fraction of sp³-hybridized carbons (Fsp3) is 0.571. The largest absolute Gasteiger partial charge is 0.319 e. The maximum Gasteiger partial charge on any atom is 0.0449 e. The first-order valence-electron chi connectivity index (χ1n) is 6.15. The molecule has 17 heavy (non-hydrogen) atoms. The molecule has 1 aromatic carbocycles. The van der Waals surface area contributed by atoms with Gasteiger partial charge in [-0.2, -0.15) is 0 Å². The highest BCUT2D eigenvalue weighted by Crippen LogP contribution is 2.33. The molecule has 96 valence electrons. The number of nitrogens with one attached hydrogen (secondary N) is 1. The van der Waals surface area contributed by atoms with E-state index in [0.717, 1.165) is 35.3 Å². The van der Waals surface area contributed by atoms with Crippen LogP contribution in [0.2, 0.25) is 5.02 Å². The molecule has 0 aliphatic rings. The normalized spacial score (nSPS) is 11.8. The summed E-state index contributed by atoms with van der Waals surface area (Å²) in [5.74, 6) is 0. The molecule has 1 N–H and O–H groups in total. The Morgan fingerprint density at radius 2 is 1.94 bits per heavy atom. The van der Waals surface area contributed by atoms with E-state index in [4.69, 9.17) is 11.6 Å². The highest BCUT2D eigenvalue weighted by molar-refractivity contribution is 9.10. The van der Waals surface area contributed by atoms with Crippen LogP contribution in [0.4, 0.5) is 0 Å². The molecule has 0 bridgehead atoms. The van der Waals surface area contributed by atoms with E-state index >= 15 is 0 Å². The summed E-state index contributed by atoms with van der Waals surface area (Å²) in [5.41, 5.74) is 1.56. The van der Waals surface area contributed by atoms with Crippen LogP contribution in [0.25, 0.3) is 0 Å². The first kappa shape index (κ1) is 15.0. The molecule has 0 spiro atoms. The van der Waals surface area contributed by atoms with Crippen LogP contribution in [0.1, 0.15) is 32.3 Å². The van der Waals surface area contributed by atoms with Gasteiger partial charge in [0.15, 0.2) is 0 Å². The van der Waals surface area contributed by atoms with Gasteiger partial charge in [-0.25, -0.2) is 0 Å². The monoisotopic (exact) mass is 317 g/mol. The molecule has 0 aromatic heterocycles. The third-order valence-corrected chi connectivity index (χ3v) is 4.48. The molecule has 0 aliphatic carbocycles. The Balaban J connectivity index is 2.92. The minimum Gasteiger partial charge on any atom is -0.319 e. The minimum absolute atomic E-state index is 0.312. The predicted octanol–water partition coefficient (Wildman–Crippen LogP) is 4.67. The summed E-state index contributed by atoms with van der Waals surface area (Å²) in [6, 6.07) is 6.17. The van der Waals surface area contributed by atoms with E-state index < -0.39 is 0 Å². The van der Waals surface area contributed by atoms with Gasteiger partial charge < -0.3 is 5.32 Å². The first-order chi connectivity index (χ1) is 8.06. The summed E-state index contributed by atoms with van der Waals surface area (Å²) in [6.45, 7) is 5.55. The third kappa shape index (κ3) is 3.97. The molecule has 0 atom stereocenters. The molecule has 0 unspecified atom stereocenters. The molecular formula is C14H21BrClN. The molecule has 0 heterocycles. The summed E-state index contributed by atoms with van der Waals surface area (Å²) in [7, 11) is 2.02. The maximum absolute atomic E-state index is 6.30. The van der Waals surface area contributed by atoms with Crippen molar-refractivity contribution in [3.05, 3.63) is 33.3 Å². The van der Waals surface area contributed by atoms with Gasteiger partial charge in [0.25, 0.3) is 0 Å². The third-order valence-electron chi connectivity index (χ3n) is 3.63. The molecule has 1 rings (SSSR count). The quantitative estimate of drug-likeness (QED) is 0.803. The van der Waals surface area contributed by atoms with E-state index in [0.29, 0.717) is 5.41 Å². The van der Waals surface area contributed by atoms with Crippen LogP contribution in [0.3, 0.4) is 0 Å². The van der Waals surface area contributed by atoms with Crippen LogP contribution >= 0.6 is 27.5 Å². The van der Waals surface area contributed by atoms with Crippen molar-refractivity contribution >= 4 is 27.5 Å². The second-order valence-corrected chi connectivity index (χ2v) is 5.97. The number of hydrogen-bond acceptors (Lipinski definition) is 1. The minimum atomic E-state index is 0.312. The molecule has 0 fully saturated rings. The second-order valence-electron chi connectivity index (χ2n) is 4.65. The van der Waals surface area contributed by atoms with E-state index in [1.165, 1.54) is 5.56 Å². The van der Waals surface area contributed by atoms with Crippen LogP contribution in [0.15, 0.2) is 22.7 Å². The lowest BCUT2D eigenvalue weighted by Gasteiger charge is -2.32. The maximum atomic E-state index is 6.30. The molecular weight excluding hydrogens is 298 g/mol. The Morgan fingerprint density at radius 1 is 1.29 bits per heavy atom. The number of benzene rings is 1. The molecule has 0 amide bonds. The predicted molar refractivity (Wildman–Crippen MR) is 79.8 cm³/mol. The number of hydrogen-bond donors (Lipinski definition) is 1. The summed E-state index contributed by atoms with van der Waals surface area (Å²) < 4.78 is 1.04. The van der Waals surface area contributed by atoms with Gasteiger partial charge in [0.2, 0.25) is 0 Å². The summed E-state index contributed by atoms with van der Waals surface area (Å²) in [4.78, 5) is 0. The summed E-state index contributed by atoms with van der Waals surface area (Å²) in [6.07, 6.45) is 3.36. The molecule has 1 aromatic rings. The van der Waals surface area contributed by atoms with Crippen molar-refractivity contribution in [1.82, 2.24) is 5.32 Å². The van der Waals surface area contributed by atoms with Crippen molar-refractivity contribution in [3.63, 3.8) is 0 Å². The van der Waals surface area contributed by atoms with E-state index in [9.17, 15) is 0 Å². The zero-order chi connectivity index (χ0) is 12.9. The highest BCUT2D eigenvalue weighted by Gasteiger charge is 2.26. The van der Waals surface area contributed by atoms with Gasteiger partial charge >= 0.3 is 0 Å². The molecule has 3 heteroatoms. The first-order valence-corrected chi connectivity index (χ1v) is 7.32. The molecule has 0 aliphatic heterocycles. The lowest BCUT2D eigenvalue weighted by atomic mass is 9.77. The van der Waals surface area contributed by atoms with E-state index in [2.05, 4.69) is 47.2 Å². The van der Waals surface area contributed by atoms with Crippen molar-refractivity contribution in [2.45, 2.75) is 33.1 Å². The zero-order valence-electron chi connectivity index (χ0n) is 10.8. The Morgan fingerprint density at radius 3 is 2.41 bits per heavy atom. The Labute approximate surface area is 118 Å². The van der Waals surface area contributed by atoms with E-state index in [1.54, 1.807) is 0 Å². The number of halogens is 2. The smallest absolute Gasteiger partial charge is 0.0449 e. The lowest BCUT2D eigenvalue weighted by molar-refractivity contribution is 0.253. The van der Waals surface area contributed by atoms with Crippen LogP contribution in [-0.4, -0.2) is 13.6 Å². The van der Waals surface area contributed by atoms with Crippen LogP contribution in [-0.2, 0) is 6.42 Å². The van der Waals surface area contributed by atoms with Crippen molar-refractivity contribution in [2.75, 3.05) is 13.6 Å². The van der Waals surface area contributed by atoms with Crippen molar-refractivity contribution in [2.24, 2.45) is 5.41 Å². The number of rotatable bonds is 6. The van der Waals surface area contributed by atoms with Gasteiger partial charge in [0.1, 0.15) is 0 Å². The fourth-order valence-corrected chi connectivity index (χ4v) is 3.00. The van der Waals surface area contributed by atoms with Crippen molar-refractivity contribution < 1.29 is 0 Å². The van der Waals surface area contributed by atoms with E-state index in [-0.39, 0.29) is 0 Å². The van der Waals surface area contributed by atoms with Crippen LogP contribution in [0, 0.1) is 5.41 Å². The Hall–Kier alpha value is -0.0500. The molecule has 0 saturated carbocycles. The topological polar surface area (TPSA) is 12.0 Å². The Bertz CT molecular complexity index is 361. The van der Waals surface area contributed by atoms with Gasteiger partial charge in [-0.1, -0.05) is 47.4 Å². The molecule has 0 radical (unpaired) electrons. The lowest BCUT2D eigenvalue weighted by Crippen LogP contribution is -2.33. The van der Waals surface area contributed by atoms with Gasteiger partial charge in [-0.05, 0) is 49.4 Å².